The number of benzene rings is 9. The number of rotatable bonds is 5. The SMILES string of the molecule is c1cc(-c2cc3ccccc3c3ccccc23)cc(N(c2ccc(-c3ccc4ccccc4c3)cc2)c2ccc3c(c2)oc2cc4ccccc4nc23)c1. The van der Waals surface area contributed by atoms with Crippen LogP contribution < -0.4 is 4.90 Å². The highest BCUT2D eigenvalue weighted by molar-refractivity contribution is 6.14. The van der Waals surface area contributed by atoms with E-state index in [4.69, 9.17) is 9.40 Å². The second kappa shape index (κ2) is 12.2. The van der Waals surface area contributed by atoms with Crippen molar-refractivity contribution in [2.45, 2.75) is 0 Å². The molecular formula is C51H32N2O. The molecule has 54 heavy (non-hydrogen) atoms. The van der Waals surface area contributed by atoms with Crippen LogP contribution in [0.25, 0.3) is 87.5 Å². The van der Waals surface area contributed by atoms with Gasteiger partial charge >= 0.3 is 0 Å². The molecule has 3 heteroatoms. The third kappa shape index (κ3) is 5.02. The van der Waals surface area contributed by atoms with E-state index >= 15 is 0 Å². The molecule has 9 aromatic carbocycles. The van der Waals surface area contributed by atoms with Crippen molar-refractivity contribution in [1.29, 1.82) is 0 Å². The maximum atomic E-state index is 6.53. The topological polar surface area (TPSA) is 29.3 Å². The van der Waals surface area contributed by atoms with Gasteiger partial charge in [-0.05, 0) is 115 Å². The minimum atomic E-state index is 0.789. The zero-order chi connectivity index (χ0) is 35.6. The highest BCUT2D eigenvalue weighted by atomic mass is 16.3. The third-order valence-electron chi connectivity index (χ3n) is 10.8. The second-order valence-corrected chi connectivity index (χ2v) is 14.0. The second-order valence-electron chi connectivity index (χ2n) is 14.0. The van der Waals surface area contributed by atoms with Crippen molar-refractivity contribution in [2.75, 3.05) is 4.90 Å². The highest BCUT2D eigenvalue weighted by Gasteiger charge is 2.18. The highest BCUT2D eigenvalue weighted by Crippen LogP contribution is 2.42. The first-order chi connectivity index (χ1) is 26.7. The summed E-state index contributed by atoms with van der Waals surface area (Å²) in [5.41, 5.74) is 11.3. The molecule has 0 fully saturated rings. The molecule has 2 heterocycles. The van der Waals surface area contributed by atoms with Gasteiger partial charge in [-0.15, -0.1) is 0 Å². The zero-order valence-corrected chi connectivity index (χ0v) is 29.3. The monoisotopic (exact) mass is 688 g/mol. The van der Waals surface area contributed by atoms with Crippen LogP contribution in [0.2, 0.25) is 0 Å². The third-order valence-corrected chi connectivity index (χ3v) is 10.8. The maximum Gasteiger partial charge on any atom is 0.154 e. The largest absolute Gasteiger partial charge is 0.454 e. The van der Waals surface area contributed by atoms with Crippen molar-refractivity contribution in [3.8, 4) is 22.3 Å². The Kier molecular flexibility index (Phi) is 6.86. The van der Waals surface area contributed by atoms with Gasteiger partial charge < -0.3 is 9.32 Å². The first-order valence-corrected chi connectivity index (χ1v) is 18.4. The number of fused-ring (bicyclic) bond motifs is 8. The number of anilines is 3. The fourth-order valence-corrected chi connectivity index (χ4v) is 8.14. The number of hydrogen-bond donors (Lipinski definition) is 0. The van der Waals surface area contributed by atoms with Gasteiger partial charge in [-0.1, -0.05) is 127 Å². The normalized spacial score (nSPS) is 11.7. The number of hydrogen-bond acceptors (Lipinski definition) is 3. The Balaban J connectivity index is 1.08. The van der Waals surface area contributed by atoms with E-state index in [2.05, 4.69) is 187 Å². The molecule has 0 unspecified atom stereocenters. The van der Waals surface area contributed by atoms with Crippen molar-refractivity contribution in [3.05, 3.63) is 194 Å². The molecule has 252 valence electrons. The first kappa shape index (κ1) is 30.4. The predicted molar refractivity (Wildman–Crippen MR) is 227 cm³/mol. The molecule has 0 aliphatic rings. The van der Waals surface area contributed by atoms with Gasteiger partial charge in [0.05, 0.1) is 5.52 Å². The summed E-state index contributed by atoms with van der Waals surface area (Å²) in [6, 6.07) is 69.5. The lowest BCUT2D eigenvalue weighted by Crippen LogP contribution is -2.10. The quantitative estimate of drug-likeness (QED) is 0.169. The van der Waals surface area contributed by atoms with Crippen LogP contribution in [0.3, 0.4) is 0 Å². The van der Waals surface area contributed by atoms with Gasteiger partial charge in [0.25, 0.3) is 0 Å². The molecule has 0 saturated heterocycles. The Bertz CT molecular complexity index is 3230. The number of nitrogens with zero attached hydrogens (tertiary/aromatic N) is 2. The van der Waals surface area contributed by atoms with Crippen LogP contribution in [0.4, 0.5) is 17.1 Å². The fourth-order valence-electron chi connectivity index (χ4n) is 8.14. The molecule has 11 rings (SSSR count). The molecule has 0 amide bonds. The molecule has 0 aliphatic carbocycles. The standard InChI is InChI=1S/C51H32N2O/c1-2-11-35-28-36(21-20-33(35)10-1)34-22-24-40(25-23-34)53(42-26-27-46-49(32-42)54-50-31-39-13-4-8-19-48(39)52-51(46)50)41-15-9-14-37(29-41)47-30-38-12-3-5-16-43(38)44-17-6-7-18-45(44)47/h1-32H. The Hall–Kier alpha value is -7.23. The van der Waals surface area contributed by atoms with E-state index in [0.29, 0.717) is 0 Å². The predicted octanol–water partition coefficient (Wildman–Crippen LogP) is 14.4. The molecule has 0 N–H and O–H groups in total. The maximum absolute atomic E-state index is 6.53. The van der Waals surface area contributed by atoms with E-state index in [0.717, 1.165) is 55.6 Å². The van der Waals surface area contributed by atoms with E-state index in [1.165, 1.54) is 49.0 Å². The minimum Gasteiger partial charge on any atom is -0.454 e. The van der Waals surface area contributed by atoms with Gasteiger partial charge in [-0.25, -0.2) is 4.98 Å². The molecule has 0 bridgehead atoms. The van der Waals surface area contributed by atoms with Crippen LogP contribution in [0, 0.1) is 0 Å². The zero-order valence-electron chi connectivity index (χ0n) is 29.3. The summed E-state index contributed by atoms with van der Waals surface area (Å²) in [5, 5.41) is 9.54. The number of para-hydroxylation sites is 1. The van der Waals surface area contributed by atoms with Gasteiger partial charge in [-0.3, -0.25) is 0 Å². The lowest BCUT2D eigenvalue weighted by atomic mass is 9.93. The van der Waals surface area contributed by atoms with E-state index < -0.39 is 0 Å². The van der Waals surface area contributed by atoms with E-state index in [-0.39, 0.29) is 0 Å². The lowest BCUT2D eigenvalue weighted by molar-refractivity contribution is 0.669. The van der Waals surface area contributed by atoms with Crippen molar-refractivity contribution < 1.29 is 4.42 Å². The van der Waals surface area contributed by atoms with Crippen molar-refractivity contribution in [2.24, 2.45) is 0 Å². The summed E-state index contributed by atoms with van der Waals surface area (Å²) in [7, 11) is 0. The smallest absolute Gasteiger partial charge is 0.154 e. The Labute approximate surface area is 312 Å². The summed E-state index contributed by atoms with van der Waals surface area (Å²) in [4.78, 5) is 7.33. The Morgan fingerprint density at radius 2 is 1.04 bits per heavy atom. The number of aromatic nitrogens is 1. The lowest BCUT2D eigenvalue weighted by Gasteiger charge is -2.26. The minimum absolute atomic E-state index is 0.789. The van der Waals surface area contributed by atoms with Gasteiger partial charge in [0, 0.05) is 33.9 Å². The van der Waals surface area contributed by atoms with Gasteiger partial charge in [0.15, 0.2) is 5.58 Å². The number of pyridine rings is 1. The molecule has 11 aromatic rings. The van der Waals surface area contributed by atoms with E-state index in [9.17, 15) is 0 Å². The summed E-state index contributed by atoms with van der Waals surface area (Å²) in [5.74, 6) is 0. The van der Waals surface area contributed by atoms with Gasteiger partial charge in [0.2, 0.25) is 0 Å². The van der Waals surface area contributed by atoms with Crippen LogP contribution in [0.5, 0.6) is 0 Å². The van der Waals surface area contributed by atoms with Crippen LogP contribution in [-0.2, 0) is 0 Å². The average molecular weight is 689 g/mol. The molecule has 3 nitrogen and oxygen atoms in total. The summed E-state index contributed by atoms with van der Waals surface area (Å²) in [6.07, 6.45) is 0. The van der Waals surface area contributed by atoms with Gasteiger partial charge in [0.1, 0.15) is 11.1 Å². The first-order valence-electron chi connectivity index (χ1n) is 18.4. The summed E-state index contributed by atoms with van der Waals surface area (Å²) in [6.45, 7) is 0. The summed E-state index contributed by atoms with van der Waals surface area (Å²) >= 11 is 0. The molecule has 0 spiro atoms. The van der Waals surface area contributed by atoms with E-state index in [1.54, 1.807) is 0 Å². The molecular weight excluding hydrogens is 657 g/mol. The van der Waals surface area contributed by atoms with Crippen LogP contribution in [-0.4, -0.2) is 4.98 Å². The number of furan rings is 1. The molecule has 0 atom stereocenters. The van der Waals surface area contributed by atoms with Crippen LogP contribution >= 0.6 is 0 Å². The van der Waals surface area contributed by atoms with Crippen LogP contribution in [0.15, 0.2) is 199 Å². The van der Waals surface area contributed by atoms with Crippen LogP contribution in [0.1, 0.15) is 0 Å². The van der Waals surface area contributed by atoms with Crippen molar-refractivity contribution in [3.63, 3.8) is 0 Å². The van der Waals surface area contributed by atoms with Gasteiger partial charge in [-0.2, -0.15) is 0 Å². The Morgan fingerprint density at radius 1 is 0.352 bits per heavy atom. The molecule has 0 saturated carbocycles. The average Bonchev–Trinajstić information content (AvgIpc) is 3.59. The van der Waals surface area contributed by atoms with Crippen molar-refractivity contribution in [1.82, 2.24) is 4.98 Å². The van der Waals surface area contributed by atoms with E-state index in [1.807, 2.05) is 12.1 Å². The fraction of sp³-hybridized carbons (Fsp3) is 0. The Morgan fingerprint density at radius 3 is 1.91 bits per heavy atom. The van der Waals surface area contributed by atoms with Crippen molar-refractivity contribution >= 4 is 82.4 Å². The molecule has 2 aromatic heterocycles. The molecule has 0 radical (unpaired) electrons. The molecule has 0 aliphatic heterocycles. The summed E-state index contributed by atoms with van der Waals surface area (Å²) < 4.78 is 6.53.